The van der Waals surface area contributed by atoms with Gasteiger partial charge in [0.15, 0.2) is 0 Å². The van der Waals surface area contributed by atoms with Gasteiger partial charge in [-0.2, -0.15) is 4.68 Å². The average molecular weight is 360 g/mol. The first kappa shape index (κ1) is 11.9. The van der Waals surface area contributed by atoms with E-state index >= 15 is 0 Å². The molecule has 0 aliphatic rings. The van der Waals surface area contributed by atoms with Crippen LogP contribution in [0.1, 0.15) is 6.93 Å². The molecule has 10 heteroatoms. The zero-order chi connectivity index (χ0) is 15.0. The Bertz CT molecular complexity index is 838. The summed E-state index contributed by atoms with van der Waals surface area (Å²) in [5.74, 6) is 0.225. The van der Waals surface area contributed by atoms with Gasteiger partial charge >= 0.3 is 5.69 Å². The molecule has 0 radical (unpaired) electrons. The van der Waals surface area contributed by atoms with Gasteiger partial charge in [-0.3, -0.25) is 0 Å². The number of tetrazole rings is 1. The number of aryl methyl sites for hydroxylation is 1. The average Bonchev–Trinajstić information content (AvgIpc) is 3.11. The molecule has 0 amide bonds. The maximum absolute atomic E-state index is 11.9. The smallest absolute Gasteiger partial charge is 0.370 e. The molecule has 0 fully saturated rings. The first-order chi connectivity index (χ1) is 10.1. The molecule has 0 spiro atoms. The number of hydrogen-bond acceptors (Lipinski definition) is 7. The molecule has 3 heterocycles. The first-order valence-corrected chi connectivity index (χ1v) is 7.03. The van der Waals surface area contributed by atoms with Crippen molar-refractivity contribution in [3.8, 4) is 11.1 Å². The molecule has 3 aromatic heterocycles. The van der Waals surface area contributed by atoms with Crippen molar-refractivity contribution in [2.75, 3.05) is 0 Å². The molecule has 0 saturated carbocycles. The topological polar surface area (TPSA) is 88.0 Å². The van der Waals surface area contributed by atoms with E-state index in [0.29, 0.717) is 15.2 Å². The van der Waals surface area contributed by atoms with Crippen LogP contribution in [0.2, 0.25) is 0 Å². The fourth-order valence-electron chi connectivity index (χ4n) is 1.48. The fraction of sp³-hybridized carbons (Fsp3) is 0.200. The normalized spacial score (nSPS) is 11.6. The van der Waals surface area contributed by atoms with Crippen molar-refractivity contribution < 1.29 is 10.5 Å². The van der Waals surface area contributed by atoms with Crippen molar-refractivity contribution in [3.05, 3.63) is 38.3 Å². The van der Waals surface area contributed by atoms with Gasteiger partial charge < -0.3 is 9.15 Å². The number of halogens is 1. The minimum Gasteiger partial charge on any atom is -0.465 e. The molecule has 0 aromatic carbocycles. The molecule has 0 aliphatic carbocycles. The summed E-state index contributed by atoms with van der Waals surface area (Å²) in [6.45, 7) is 0.113. The van der Waals surface area contributed by atoms with Gasteiger partial charge in [0.05, 0.1) is 11.4 Å². The van der Waals surface area contributed by atoms with Crippen LogP contribution >= 0.6 is 27.3 Å². The molecule has 20 heavy (non-hydrogen) atoms. The van der Waals surface area contributed by atoms with Crippen LogP contribution in [-0.2, 0) is 13.7 Å². The highest BCUT2D eigenvalue weighted by Gasteiger charge is 2.19. The zero-order valence-electron chi connectivity index (χ0n) is 11.1. The summed E-state index contributed by atoms with van der Waals surface area (Å²) in [7, 11) is 1.49. The lowest BCUT2D eigenvalue weighted by atomic mass is 10.3. The van der Waals surface area contributed by atoms with Crippen molar-refractivity contribution in [2.24, 2.45) is 7.05 Å². The van der Waals surface area contributed by atoms with Crippen LogP contribution in [-0.4, -0.2) is 24.8 Å². The molecule has 8 nitrogen and oxygen atoms in total. The second kappa shape index (κ2) is 5.21. The maximum atomic E-state index is 11.9. The summed E-state index contributed by atoms with van der Waals surface area (Å²) in [4.78, 5) is 15.7. The Balaban J connectivity index is 1.90. The molecule has 0 saturated heterocycles. The lowest BCUT2D eigenvalue weighted by Crippen LogP contribution is -2.22. The minimum absolute atomic E-state index is 0.113. The predicted octanol–water partition coefficient (Wildman–Crippen LogP) is 1.36. The number of nitrogens with zero attached hydrogens (tertiary/aromatic N) is 5. The summed E-state index contributed by atoms with van der Waals surface area (Å²) in [5, 5.41) is 9.28. The van der Waals surface area contributed by atoms with Crippen molar-refractivity contribution in [1.29, 1.82) is 0 Å². The highest BCUT2D eigenvalue weighted by atomic mass is 79.9. The van der Waals surface area contributed by atoms with E-state index in [-0.39, 0.29) is 18.7 Å². The number of hydrogen-bond donors (Lipinski definition) is 0. The highest BCUT2D eigenvalue weighted by Crippen LogP contribution is 2.27. The molecule has 0 aliphatic heterocycles. The second-order valence-electron chi connectivity index (χ2n) is 3.70. The van der Waals surface area contributed by atoms with Crippen LogP contribution in [0.15, 0.2) is 31.5 Å². The number of rotatable bonds is 4. The van der Waals surface area contributed by atoms with E-state index in [2.05, 4.69) is 31.3 Å². The van der Waals surface area contributed by atoms with Gasteiger partial charge in [0.2, 0.25) is 5.88 Å². The van der Waals surface area contributed by atoms with Gasteiger partial charge in [0.25, 0.3) is 5.19 Å². The van der Waals surface area contributed by atoms with E-state index < -0.39 is 5.69 Å². The predicted molar refractivity (Wildman–Crippen MR) is 73.0 cm³/mol. The third-order valence-corrected chi connectivity index (χ3v) is 3.74. The lowest BCUT2D eigenvalue weighted by molar-refractivity contribution is 0.301. The summed E-state index contributed by atoms with van der Waals surface area (Å²) in [5.41, 5.74) is 0.167. The van der Waals surface area contributed by atoms with Gasteiger partial charge in [0, 0.05) is 18.6 Å². The number of ether oxygens (including phenoxy) is 1. The molecule has 0 atom stereocenters. The van der Waals surface area contributed by atoms with Crippen molar-refractivity contribution >= 4 is 27.3 Å². The van der Waals surface area contributed by atoms with Gasteiger partial charge in [-0.1, -0.05) is 11.3 Å². The molecule has 0 unspecified atom stereocenters. The second-order valence-corrected chi connectivity index (χ2v) is 5.37. The van der Waals surface area contributed by atoms with E-state index in [1.54, 1.807) is 5.38 Å². The summed E-state index contributed by atoms with van der Waals surface area (Å²) >= 11 is 4.55. The van der Waals surface area contributed by atoms with Gasteiger partial charge in [-0.15, -0.1) is 4.68 Å². The van der Waals surface area contributed by atoms with Crippen LogP contribution in [0.3, 0.4) is 0 Å². The molecular weight excluding hydrogens is 350 g/mol. The SMILES string of the molecule is [3H]c1csc(OCc2c(Br)coc2-n2nnn(C)c2=O)n1. The number of thiazole rings is 1. The summed E-state index contributed by atoms with van der Waals surface area (Å²) in [6.07, 6.45) is 1.58. The van der Waals surface area contributed by atoms with E-state index in [0.717, 1.165) is 9.36 Å². The van der Waals surface area contributed by atoms with Crippen molar-refractivity contribution in [3.63, 3.8) is 0 Å². The molecule has 0 N–H and O–H groups in total. The summed E-state index contributed by atoms with van der Waals surface area (Å²) < 4.78 is 20.9. The largest absolute Gasteiger partial charge is 0.465 e. The standard InChI is InChI=1S/C10H8BrN5O3S/c1-15-10(17)16(14-13-15)8-6(7(11)5-18-8)4-19-9-12-2-3-20-9/h2-3,5H,4H2,1H3/i2T. The van der Waals surface area contributed by atoms with Gasteiger partial charge in [-0.05, 0) is 26.4 Å². The third-order valence-electron chi connectivity index (χ3n) is 2.44. The van der Waals surface area contributed by atoms with Crippen LogP contribution in [0, 0.1) is 0 Å². The lowest BCUT2D eigenvalue weighted by Gasteiger charge is -2.02. The molecular formula is C10H8BrN5O3S. The molecule has 3 aromatic rings. The van der Waals surface area contributed by atoms with Crippen LogP contribution in [0.4, 0.5) is 0 Å². The van der Waals surface area contributed by atoms with E-state index in [4.69, 9.17) is 10.5 Å². The van der Waals surface area contributed by atoms with Crippen LogP contribution < -0.4 is 10.4 Å². The van der Waals surface area contributed by atoms with Crippen LogP contribution in [0.25, 0.3) is 5.88 Å². The van der Waals surface area contributed by atoms with Crippen molar-refractivity contribution in [2.45, 2.75) is 6.61 Å². The molecule has 0 bridgehead atoms. The zero-order valence-corrected chi connectivity index (χ0v) is 12.5. The van der Waals surface area contributed by atoms with E-state index in [9.17, 15) is 4.79 Å². The van der Waals surface area contributed by atoms with Gasteiger partial charge in [-0.25, -0.2) is 9.78 Å². The fourth-order valence-corrected chi connectivity index (χ4v) is 2.30. The minimum atomic E-state index is -0.430. The van der Waals surface area contributed by atoms with Crippen molar-refractivity contribution in [1.82, 2.24) is 24.8 Å². The van der Waals surface area contributed by atoms with Crippen LogP contribution in [0.5, 0.6) is 5.19 Å². The van der Waals surface area contributed by atoms with E-state index in [1.807, 2.05) is 0 Å². The maximum Gasteiger partial charge on any atom is 0.370 e. The Morgan fingerprint density at radius 1 is 1.60 bits per heavy atom. The Morgan fingerprint density at radius 3 is 3.10 bits per heavy atom. The Hall–Kier alpha value is -1.94. The number of aromatic nitrogens is 5. The van der Waals surface area contributed by atoms with E-state index in [1.165, 1.54) is 24.6 Å². The highest BCUT2D eigenvalue weighted by molar-refractivity contribution is 9.10. The Morgan fingerprint density at radius 2 is 2.45 bits per heavy atom. The quantitative estimate of drug-likeness (QED) is 0.698. The summed E-state index contributed by atoms with van der Waals surface area (Å²) in [6, 6.07) is 0. The third kappa shape index (κ3) is 2.27. The first-order valence-electron chi connectivity index (χ1n) is 5.86. The molecule has 3 rings (SSSR count). The number of furan rings is 1. The Kier molecular flexibility index (Phi) is 3.09. The monoisotopic (exact) mass is 359 g/mol. The Labute approximate surface area is 126 Å². The molecule has 104 valence electrons. The van der Waals surface area contributed by atoms with Gasteiger partial charge in [0.1, 0.15) is 12.9 Å².